The van der Waals surface area contributed by atoms with Gasteiger partial charge in [-0.25, -0.2) is 4.99 Å². The van der Waals surface area contributed by atoms with E-state index in [-0.39, 0.29) is 6.10 Å². The maximum absolute atomic E-state index is 6.24. The van der Waals surface area contributed by atoms with Gasteiger partial charge >= 0.3 is 0 Å². The molecule has 0 spiro atoms. The van der Waals surface area contributed by atoms with E-state index in [1.807, 2.05) is 42.8 Å². The molecule has 0 saturated heterocycles. The van der Waals surface area contributed by atoms with Crippen LogP contribution >= 0.6 is 11.6 Å². The molecule has 8 heteroatoms. The van der Waals surface area contributed by atoms with Crippen molar-refractivity contribution >= 4 is 17.6 Å². The lowest BCUT2D eigenvalue weighted by molar-refractivity contribution is 0.199. The van der Waals surface area contributed by atoms with Gasteiger partial charge in [0.1, 0.15) is 24.2 Å². The predicted molar refractivity (Wildman–Crippen MR) is 116 cm³/mol. The summed E-state index contributed by atoms with van der Waals surface area (Å²) in [6.07, 6.45) is 5.73. The molecule has 1 aromatic heterocycles. The zero-order valence-corrected chi connectivity index (χ0v) is 18.2. The first-order valence-electron chi connectivity index (χ1n) is 10.4. The number of nitrogens with zero attached hydrogens (tertiary/aromatic N) is 4. The van der Waals surface area contributed by atoms with Crippen molar-refractivity contribution in [3.63, 3.8) is 0 Å². The molecule has 1 aliphatic carbocycles. The Balaban J connectivity index is 1.63. The first-order chi connectivity index (χ1) is 14.1. The number of hydrogen-bond acceptors (Lipinski definition) is 4. The molecule has 0 bridgehead atoms. The minimum Gasteiger partial charge on any atom is -0.487 e. The van der Waals surface area contributed by atoms with Crippen molar-refractivity contribution in [1.82, 2.24) is 25.4 Å². The van der Waals surface area contributed by atoms with E-state index in [0.717, 1.165) is 24.0 Å². The highest BCUT2D eigenvalue weighted by Crippen LogP contribution is 2.24. The number of benzene rings is 1. The number of aromatic nitrogens is 3. The van der Waals surface area contributed by atoms with Gasteiger partial charge in [-0.05, 0) is 38.3 Å². The fraction of sp³-hybridized carbons (Fsp3) is 0.571. The van der Waals surface area contributed by atoms with Gasteiger partial charge in [0.15, 0.2) is 11.8 Å². The smallest absolute Gasteiger partial charge is 0.192 e. The highest BCUT2D eigenvalue weighted by molar-refractivity contribution is 6.32. The Hall–Kier alpha value is -2.28. The standard InChI is InChI=1S/C21H31ClN6O/c1-4-17(29-19-12-8-7-11-18(19)22)13-23-21(25-16-9-5-6-10-16)24-14-20-27-26-15(2)28(20)3/h7-8,11-12,16-17H,4-6,9-10,13-14H2,1-3H3,(H2,23,24,25). The zero-order chi connectivity index (χ0) is 20.6. The number of guanidine groups is 1. The highest BCUT2D eigenvalue weighted by Gasteiger charge is 2.18. The lowest BCUT2D eigenvalue weighted by Crippen LogP contribution is -2.45. The second-order valence-electron chi connectivity index (χ2n) is 7.47. The van der Waals surface area contributed by atoms with Crippen molar-refractivity contribution in [2.75, 3.05) is 6.54 Å². The van der Waals surface area contributed by atoms with Crippen LogP contribution in [0.3, 0.4) is 0 Å². The third kappa shape index (κ3) is 6.10. The topological polar surface area (TPSA) is 76.4 Å². The molecule has 0 aliphatic heterocycles. The molecule has 29 heavy (non-hydrogen) atoms. The van der Waals surface area contributed by atoms with E-state index in [9.17, 15) is 0 Å². The van der Waals surface area contributed by atoms with Crippen LogP contribution in [-0.2, 0) is 13.6 Å². The van der Waals surface area contributed by atoms with Crippen LogP contribution in [-0.4, -0.2) is 39.4 Å². The van der Waals surface area contributed by atoms with E-state index in [1.165, 1.54) is 25.7 Å². The van der Waals surface area contributed by atoms with Crippen LogP contribution in [0.5, 0.6) is 5.75 Å². The summed E-state index contributed by atoms with van der Waals surface area (Å²) in [6, 6.07) is 8.03. The fourth-order valence-electron chi connectivity index (χ4n) is 3.35. The van der Waals surface area contributed by atoms with Gasteiger partial charge in [0, 0.05) is 13.1 Å². The van der Waals surface area contributed by atoms with Crippen LogP contribution in [0.2, 0.25) is 5.02 Å². The molecule has 7 nitrogen and oxygen atoms in total. The number of nitrogens with one attached hydrogen (secondary N) is 2. The first-order valence-corrected chi connectivity index (χ1v) is 10.8. The van der Waals surface area contributed by atoms with Crippen LogP contribution in [0.25, 0.3) is 0 Å². The van der Waals surface area contributed by atoms with E-state index in [0.29, 0.717) is 29.9 Å². The summed E-state index contributed by atoms with van der Waals surface area (Å²) >= 11 is 6.24. The quantitative estimate of drug-likeness (QED) is 0.505. The Labute approximate surface area is 177 Å². The van der Waals surface area contributed by atoms with E-state index >= 15 is 0 Å². The number of hydrogen-bond donors (Lipinski definition) is 2. The largest absolute Gasteiger partial charge is 0.487 e. The van der Waals surface area contributed by atoms with Crippen molar-refractivity contribution in [3.8, 4) is 5.75 Å². The van der Waals surface area contributed by atoms with Crippen LogP contribution in [0, 0.1) is 6.92 Å². The molecule has 1 saturated carbocycles. The Bertz CT molecular complexity index is 815. The van der Waals surface area contributed by atoms with Crippen molar-refractivity contribution < 1.29 is 4.74 Å². The predicted octanol–water partition coefficient (Wildman–Crippen LogP) is 3.61. The van der Waals surface area contributed by atoms with Gasteiger partial charge in [-0.3, -0.25) is 0 Å². The molecule has 0 radical (unpaired) electrons. The molecule has 1 unspecified atom stereocenters. The minimum absolute atomic E-state index is 0.0115. The van der Waals surface area contributed by atoms with Crippen LogP contribution < -0.4 is 15.4 Å². The van der Waals surface area contributed by atoms with Crippen molar-refractivity contribution in [3.05, 3.63) is 40.9 Å². The highest BCUT2D eigenvalue weighted by atomic mass is 35.5. The van der Waals surface area contributed by atoms with E-state index in [1.54, 1.807) is 0 Å². The Morgan fingerprint density at radius 1 is 1.31 bits per heavy atom. The van der Waals surface area contributed by atoms with Gasteiger partial charge in [0.2, 0.25) is 0 Å². The van der Waals surface area contributed by atoms with E-state index < -0.39 is 0 Å². The van der Waals surface area contributed by atoms with Gasteiger partial charge in [0.25, 0.3) is 0 Å². The summed E-state index contributed by atoms with van der Waals surface area (Å²) in [4.78, 5) is 4.75. The second-order valence-corrected chi connectivity index (χ2v) is 7.88. The van der Waals surface area contributed by atoms with Gasteiger partial charge in [-0.2, -0.15) is 0 Å². The van der Waals surface area contributed by atoms with Crippen LogP contribution in [0.4, 0.5) is 0 Å². The first kappa shape index (κ1) is 21.4. The maximum Gasteiger partial charge on any atom is 0.192 e. The molecule has 1 aromatic carbocycles. The number of aliphatic imine (C=N–C) groups is 1. The number of ether oxygens (including phenoxy) is 1. The summed E-state index contributed by atoms with van der Waals surface area (Å²) in [5.41, 5.74) is 0. The van der Waals surface area contributed by atoms with Crippen LogP contribution in [0.1, 0.15) is 50.7 Å². The van der Waals surface area contributed by atoms with Gasteiger partial charge in [-0.1, -0.05) is 43.5 Å². The summed E-state index contributed by atoms with van der Waals surface area (Å²) < 4.78 is 8.06. The zero-order valence-electron chi connectivity index (χ0n) is 17.5. The summed E-state index contributed by atoms with van der Waals surface area (Å²) in [5.74, 6) is 3.22. The molecule has 0 amide bonds. The molecular weight excluding hydrogens is 388 g/mol. The molecule has 1 fully saturated rings. The molecule has 2 N–H and O–H groups in total. The number of halogens is 1. The molecule has 1 heterocycles. The summed E-state index contributed by atoms with van der Waals surface area (Å²) in [6.45, 7) is 5.15. The van der Waals surface area contributed by atoms with E-state index in [4.69, 9.17) is 21.3 Å². The molecular formula is C21H31ClN6O. The van der Waals surface area contributed by atoms with Gasteiger partial charge in [-0.15, -0.1) is 10.2 Å². The Kier molecular flexibility index (Phi) is 7.75. The maximum atomic E-state index is 6.24. The minimum atomic E-state index is -0.0115. The number of para-hydroxylation sites is 1. The van der Waals surface area contributed by atoms with Gasteiger partial charge in [0.05, 0.1) is 11.6 Å². The van der Waals surface area contributed by atoms with Crippen LogP contribution in [0.15, 0.2) is 29.3 Å². The average Bonchev–Trinajstić information content (AvgIpc) is 3.35. The fourth-order valence-corrected chi connectivity index (χ4v) is 3.53. The Morgan fingerprint density at radius 3 is 2.72 bits per heavy atom. The van der Waals surface area contributed by atoms with Crippen molar-refractivity contribution in [2.45, 2.75) is 64.6 Å². The molecule has 1 atom stereocenters. The Morgan fingerprint density at radius 2 is 2.07 bits per heavy atom. The lowest BCUT2D eigenvalue weighted by atomic mass is 10.2. The number of rotatable bonds is 8. The molecule has 1 aliphatic rings. The lowest BCUT2D eigenvalue weighted by Gasteiger charge is -2.22. The molecule has 2 aromatic rings. The summed E-state index contributed by atoms with van der Waals surface area (Å²) in [5, 5.41) is 16.0. The van der Waals surface area contributed by atoms with E-state index in [2.05, 4.69) is 27.8 Å². The average molecular weight is 419 g/mol. The third-order valence-electron chi connectivity index (χ3n) is 5.34. The second kappa shape index (κ2) is 10.5. The molecule has 3 rings (SSSR count). The normalized spacial score (nSPS) is 16.1. The summed E-state index contributed by atoms with van der Waals surface area (Å²) in [7, 11) is 1.96. The van der Waals surface area contributed by atoms with Gasteiger partial charge < -0.3 is 19.9 Å². The van der Waals surface area contributed by atoms with Crippen molar-refractivity contribution in [2.24, 2.45) is 12.0 Å². The van der Waals surface area contributed by atoms with Crippen molar-refractivity contribution in [1.29, 1.82) is 0 Å². The SMILES string of the molecule is CCC(CNC(=NCc1nnc(C)n1C)NC1CCCC1)Oc1ccccc1Cl. The monoisotopic (exact) mass is 418 g/mol. The number of aryl methyl sites for hydroxylation is 1. The molecule has 158 valence electrons. The third-order valence-corrected chi connectivity index (χ3v) is 5.65.